The van der Waals surface area contributed by atoms with E-state index >= 15 is 0 Å². The van der Waals surface area contributed by atoms with Crippen molar-refractivity contribution in [1.29, 1.82) is 0 Å². The molecule has 0 N–H and O–H groups in total. The number of nitrogens with zero attached hydrogens (tertiary/aromatic N) is 1. The number of rotatable bonds is 4. The highest BCUT2D eigenvalue weighted by Crippen LogP contribution is 2.29. The summed E-state index contributed by atoms with van der Waals surface area (Å²) in [6.07, 6.45) is 0. The Hall–Kier alpha value is -1.67. The molecule has 0 saturated heterocycles. The molecule has 1 nitrogen and oxygen atoms in total. The van der Waals surface area contributed by atoms with Crippen LogP contribution in [0.4, 0.5) is 4.39 Å². The third-order valence-electron chi connectivity index (χ3n) is 4.05. The predicted octanol–water partition coefficient (Wildman–Crippen LogP) is 4.89. The highest BCUT2D eigenvalue weighted by molar-refractivity contribution is 5.27. The van der Waals surface area contributed by atoms with E-state index in [4.69, 9.17) is 0 Å². The van der Waals surface area contributed by atoms with E-state index in [0.29, 0.717) is 0 Å². The lowest BCUT2D eigenvalue weighted by molar-refractivity contribution is 0.198. The maximum Gasteiger partial charge on any atom is 0.123 e. The van der Waals surface area contributed by atoms with Gasteiger partial charge in [0, 0.05) is 12.1 Å². The fourth-order valence-electron chi connectivity index (χ4n) is 2.54. The van der Waals surface area contributed by atoms with Crippen molar-refractivity contribution < 1.29 is 4.39 Å². The van der Waals surface area contributed by atoms with Crippen molar-refractivity contribution in [2.75, 3.05) is 7.05 Å². The van der Waals surface area contributed by atoms with Crippen molar-refractivity contribution in [1.82, 2.24) is 4.90 Å². The minimum absolute atomic E-state index is 0.160. The molecule has 2 aromatic rings. The first kappa shape index (κ1) is 14.7. The summed E-state index contributed by atoms with van der Waals surface area (Å²) in [5.74, 6) is -0.160. The molecule has 2 atom stereocenters. The van der Waals surface area contributed by atoms with Crippen LogP contribution in [0.1, 0.15) is 42.6 Å². The molecule has 2 aromatic carbocycles. The highest BCUT2D eigenvalue weighted by Gasteiger charge is 2.19. The molecule has 0 spiro atoms. The number of aryl methyl sites for hydroxylation is 1. The molecule has 0 aliphatic rings. The summed E-state index contributed by atoms with van der Waals surface area (Å²) >= 11 is 0. The van der Waals surface area contributed by atoms with E-state index in [1.165, 1.54) is 5.56 Å². The van der Waals surface area contributed by atoms with Crippen LogP contribution in [0.2, 0.25) is 0 Å². The zero-order valence-electron chi connectivity index (χ0n) is 12.6. The summed E-state index contributed by atoms with van der Waals surface area (Å²) in [6, 6.07) is 16.1. The van der Waals surface area contributed by atoms with Gasteiger partial charge in [0.05, 0.1) is 0 Å². The number of hydrogen-bond donors (Lipinski definition) is 0. The zero-order chi connectivity index (χ0) is 14.7. The maximum absolute atomic E-state index is 13.6. The van der Waals surface area contributed by atoms with Crippen molar-refractivity contribution in [2.45, 2.75) is 32.9 Å². The average Bonchev–Trinajstić information content (AvgIpc) is 2.45. The molecule has 0 radical (unpaired) electrons. The van der Waals surface area contributed by atoms with Gasteiger partial charge in [-0.1, -0.05) is 36.4 Å². The van der Waals surface area contributed by atoms with Crippen LogP contribution in [0, 0.1) is 12.7 Å². The molecular formula is C18H22FN. The van der Waals surface area contributed by atoms with Gasteiger partial charge in [-0.25, -0.2) is 4.39 Å². The lowest BCUT2D eigenvalue weighted by atomic mass is 10.0. The Labute approximate surface area is 121 Å². The molecule has 0 bridgehead atoms. The first-order valence-corrected chi connectivity index (χ1v) is 7.03. The van der Waals surface area contributed by atoms with Crippen LogP contribution in [0.3, 0.4) is 0 Å². The van der Waals surface area contributed by atoms with Gasteiger partial charge < -0.3 is 0 Å². The van der Waals surface area contributed by atoms with Gasteiger partial charge in [0.15, 0.2) is 0 Å². The zero-order valence-corrected chi connectivity index (χ0v) is 12.6. The second kappa shape index (κ2) is 6.19. The Morgan fingerprint density at radius 2 is 1.50 bits per heavy atom. The first-order chi connectivity index (χ1) is 9.49. The van der Waals surface area contributed by atoms with Gasteiger partial charge in [-0.2, -0.15) is 0 Å². The summed E-state index contributed by atoms with van der Waals surface area (Å²) < 4.78 is 13.6. The fraction of sp³-hybridized carbons (Fsp3) is 0.333. The molecule has 106 valence electrons. The van der Waals surface area contributed by atoms with E-state index in [1.54, 1.807) is 12.1 Å². The summed E-state index contributed by atoms with van der Waals surface area (Å²) in [5.41, 5.74) is 3.26. The van der Waals surface area contributed by atoms with Crippen molar-refractivity contribution in [3.05, 3.63) is 71.0 Å². The lowest BCUT2D eigenvalue weighted by Gasteiger charge is -2.31. The van der Waals surface area contributed by atoms with Gasteiger partial charge in [0.1, 0.15) is 5.82 Å². The minimum atomic E-state index is -0.160. The van der Waals surface area contributed by atoms with E-state index in [2.05, 4.69) is 56.1 Å². The van der Waals surface area contributed by atoms with Crippen LogP contribution in [-0.4, -0.2) is 11.9 Å². The van der Waals surface area contributed by atoms with E-state index in [1.807, 2.05) is 13.0 Å². The van der Waals surface area contributed by atoms with Crippen molar-refractivity contribution >= 4 is 0 Å². The van der Waals surface area contributed by atoms with Crippen LogP contribution in [0.25, 0.3) is 0 Å². The molecule has 2 rings (SSSR count). The second-order valence-corrected chi connectivity index (χ2v) is 5.49. The van der Waals surface area contributed by atoms with Crippen LogP contribution < -0.4 is 0 Å². The van der Waals surface area contributed by atoms with E-state index in [9.17, 15) is 4.39 Å². The fourth-order valence-corrected chi connectivity index (χ4v) is 2.54. The molecule has 0 aliphatic heterocycles. The third kappa shape index (κ3) is 3.26. The molecule has 0 aromatic heterocycles. The molecule has 0 saturated carbocycles. The highest BCUT2D eigenvalue weighted by atomic mass is 19.1. The summed E-state index contributed by atoms with van der Waals surface area (Å²) in [6.45, 7) is 6.23. The maximum atomic E-state index is 13.6. The SMILES string of the molecule is Cc1cc(F)cc([C@H](C)N(C)[C@H](C)c2ccccc2)c1. The van der Waals surface area contributed by atoms with E-state index < -0.39 is 0 Å². The minimum Gasteiger partial charge on any atom is -0.293 e. The Bertz CT molecular complexity index is 545. The number of hydrogen-bond acceptors (Lipinski definition) is 1. The second-order valence-electron chi connectivity index (χ2n) is 5.49. The number of halogens is 1. The molecule has 2 heteroatoms. The van der Waals surface area contributed by atoms with Crippen LogP contribution in [0.15, 0.2) is 48.5 Å². The molecule has 0 fully saturated rings. The largest absolute Gasteiger partial charge is 0.293 e. The van der Waals surface area contributed by atoms with Crippen LogP contribution in [-0.2, 0) is 0 Å². The molecule has 20 heavy (non-hydrogen) atoms. The van der Waals surface area contributed by atoms with Crippen molar-refractivity contribution in [3.8, 4) is 0 Å². The average molecular weight is 271 g/mol. The Morgan fingerprint density at radius 1 is 0.900 bits per heavy atom. The van der Waals surface area contributed by atoms with Gasteiger partial charge in [-0.3, -0.25) is 4.90 Å². The third-order valence-corrected chi connectivity index (χ3v) is 4.05. The van der Waals surface area contributed by atoms with Crippen LogP contribution in [0.5, 0.6) is 0 Å². The smallest absolute Gasteiger partial charge is 0.123 e. The van der Waals surface area contributed by atoms with Crippen molar-refractivity contribution in [3.63, 3.8) is 0 Å². The van der Waals surface area contributed by atoms with Gasteiger partial charge in [-0.05, 0) is 56.6 Å². The van der Waals surface area contributed by atoms with Gasteiger partial charge >= 0.3 is 0 Å². The van der Waals surface area contributed by atoms with Gasteiger partial charge in [-0.15, -0.1) is 0 Å². The lowest BCUT2D eigenvalue weighted by Crippen LogP contribution is -2.26. The van der Waals surface area contributed by atoms with E-state index in [0.717, 1.165) is 11.1 Å². The summed E-state index contributed by atoms with van der Waals surface area (Å²) in [4.78, 5) is 2.27. The predicted molar refractivity (Wildman–Crippen MR) is 82.2 cm³/mol. The molecule has 0 amide bonds. The summed E-state index contributed by atoms with van der Waals surface area (Å²) in [5, 5.41) is 0. The van der Waals surface area contributed by atoms with Crippen LogP contribution >= 0.6 is 0 Å². The van der Waals surface area contributed by atoms with E-state index in [-0.39, 0.29) is 17.9 Å². The summed E-state index contributed by atoms with van der Waals surface area (Å²) in [7, 11) is 2.09. The quantitative estimate of drug-likeness (QED) is 0.765. The number of benzene rings is 2. The van der Waals surface area contributed by atoms with Gasteiger partial charge in [0.25, 0.3) is 0 Å². The topological polar surface area (TPSA) is 3.24 Å². The normalized spacial score (nSPS) is 14.3. The van der Waals surface area contributed by atoms with Gasteiger partial charge in [0.2, 0.25) is 0 Å². The van der Waals surface area contributed by atoms with Crippen molar-refractivity contribution in [2.24, 2.45) is 0 Å². The molecule has 0 unspecified atom stereocenters. The monoisotopic (exact) mass is 271 g/mol. The Balaban J connectivity index is 2.21. The standard InChI is InChI=1S/C18H22FN/c1-13-10-17(12-18(19)11-13)15(3)20(4)14(2)16-8-6-5-7-9-16/h5-12,14-15H,1-4H3/t14-,15+/m1/s1. The Morgan fingerprint density at radius 3 is 2.10 bits per heavy atom. The molecule has 0 aliphatic carbocycles. The first-order valence-electron chi connectivity index (χ1n) is 7.03. The molecular weight excluding hydrogens is 249 g/mol. The Kier molecular flexibility index (Phi) is 4.56. The molecule has 0 heterocycles.